The number of hydroxylamine groups is 6. The lowest BCUT2D eigenvalue weighted by molar-refractivity contribution is -1.10. The first kappa shape index (κ1) is 42.0. The van der Waals surface area contributed by atoms with E-state index in [1.54, 1.807) is 60.7 Å². The van der Waals surface area contributed by atoms with E-state index in [-0.39, 0.29) is 69.2 Å². The van der Waals surface area contributed by atoms with E-state index < -0.39 is 32.0 Å². The van der Waals surface area contributed by atoms with Crippen LogP contribution in [0.1, 0.15) is 40.5 Å². The second-order valence-electron chi connectivity index (χ2n) is 15.2. The predicted octanol–water partition coefficient (Wildman–Crippen LogP) is 6.52. The van der Waals surface area contributed by atoms with Gasteiger partial charge in [-0.15, -0.1) is 9.29 Å². The van der Waals surface area contributed by atoms with Gasteiger partial charge in [0.1, 0.15) is 38.3 Å². The second-order valence-corrected chi connectivity index (χ2v) is 19.5. The van der Waals surface area contributed by atoms with Crippen molar-refractivity contribution in [3.63, 3.8) is 0 Å². The van der Waals surface area contributed by atoms with E-state index in [1.165, 1.54) is 12.1 Å². The van der Waals surface area contributed by atoms with Gasteiger partial charge in [0, 0.05) is 57.6 Å². The third-order valence-corrected chi connectivity index (χ3v) is 14.6. The van der Waals surface area contributed by atoms with Crippen molar-refractivity contribution < 1.29 is 45.4 Å². The first-order chi connectivity index (χ1) is 26.5. The normalized spacial score (nSPS) is 25.6. The molecule has 16 heteroatoms. The number of likely N-dealkylation sites (tertiary alicyclic amines) is 2. The molecule has 4 aromatic carbocycles. The van der Waals surface area contributed by atoms with Crippen LogP contribution in [0.25, 0.3) is 21.5 Å². The van der Waals surface area contributed by atoms with Crippen LogP contribution < -0.4 is 9.44 Å². The summed E-state index contributed by atoms with van der Waals surface area (Å²) >= 11 is 12.8. The molecule has 2 heterocycles. The number of rotatable bonds is 14. The van der Waals surface area contributed by atoms with Gasteiger partial charge in [-0.05, 0) is 48.9 Å². The molecule has 6 unspecified atom stereocenters. The van der Waals surface area contributed by atoms with Gasteiger partial charge in [0.2, 0.25) is 20.0 Å². The Balaban J connectivity index is 1.10. The minimum Gasteiger partial charge on any atom is -0.272 e. The summed E-state index contributed by atoms with van der Waals surface area (Å²) in [5, 5.41) is 2.88. The molecule has 2 aliphatic heterocycles. The summed E-state index contributed by atoms with van der Waals surface area (Å²) in [6, 6.07) is 20.0. The Morgan fingerprint density at radius 2 is 1.00 bits per heavy atom. The Hall–Kier alpha value is -3.60. The van der Waals surface area contributed by atoms with Crippen molar-refractivity contribution in [3.8, 4) is 0 Å². The van der Waals surface area contributed by atoms with Gasteiger partial charge in [-0.3, -0.25) is 9.68 Å². The van der Waals surface area contributed by atoms with Crippen molar-refractivity contribution in [2.24, 2.45) is 11.8 Å². The van der Waals surface area contributed by atoms with Crippen LogP contribution >= 0.6 is 23.2 Å². The average Bonchev–Trinajstić information content (AvgIpc) is 3.57. The van der Waals surface area contributed by atoms with E-state index in [4.69, 9.17) is 32.9 Å². The van der Waals surface area contributed by atoms with Gasteiger partial charge < -0.3 is 0 Å². The van der Waals surface area contributed by atoms with E-state index in [2.05, 4.69) is 9.44 Å². The number of fused-ring (bicyclic) bond motifs is 2. The molecule has 2 fully saturated rings. The predicted molar refractivity (Wildman–Crippen MR) is 216 cm³/mol. The third kappa shape index (κ3) is 8.92. The smallest absolute Gasteiger partial charge is 0.272 e. The molecule has 2 saturated heterocycles. The molecule has 4 aromatic rings. The van der Waals surface area contributed by atoms with E-state index in [0.29, 0.717) is 44.7 Å². The first-order valence-corrected chi connectivity index (χ1v) is 22.4. The van der Waals surface area contributed by atoms with Crippen LogP contribution in [-0.4, -0.2) is 89.4 Å². The van der Waals surface area contributed by atoms with Crippen molar-refractivity contribution >= 4 is 76.7 Å². The van der Waals surface area contributed by atoms with Crippen LogP contribution in [0.3, 0.4) is 0 Å². The van der Waals surface area contributed by atoms with Gasteiger partial charge in [0.25, 0.3) is 0 Å². The lowest BCUT2D eigenvalue weighted by Gasteiger charge is -2.34. The van der Waals surface area contributed by atoms with Crippen LogP contribution in [0.2, 0.25) is 10.0 Å². The van der Waals surface area contributed by atoms with Crippen LogP contribution in [0.4, 0.5) is 0 Å². The molecular formula is C40H48Cl2N4O8S2+2. The Labute approximate surface area is 338 Å². The summed E-state index contributed by atoms with van der Waals surface area (Å²) in [5.74, 6) is -1.17. The maximum atomic E-state index is 13.5. The second kappa shape index (κ2) is 16.7. The largest absolute Gasteiger partial charge is 0.390 e. The number of quaternary nitrogens is 2. The third-order valence-electron chi connectivity index (χ3n) is 11.0. The van der Waals surface area contributed by atoms with Gasteiger partial charge in [0.15, 0.2) is 0 Å². The SMILES string of the molecule is CC1CC(C)[N+](CCNS(=O)(=O)c2cccc3cccc(Cl)c23)(OC(=O)/C=C/C(=O)O[N+]2(CCNS(=O)(=O)c3cccc4cccc(Cl)c34)CC(C)CC2C)C1. The van der Waals surface area contributed by atoms with Crippen LogP contribution in [0, 0.1) is 11.8 Å². The molecule has 2 N–H and O–H groups in total. The maximum absolute atomic E-state index is 13.5. The van der Waals surface area contributed by atoms with Gasteiger partial charge in [-0.1, -0.05) is 85.6 Å². The molecule has 0 radical (unpaired) electrons. The number of carbonyl (C=O) groups excluding carboxylic acids is 2. The fourth-order valence-electron chi connectivity index (χ4n) is 8.50. The summed E-state index contributed by atoms with van der Waals surface area (Å²) < 4.78 is 59.0. The Bertz CT molecular complexity index is 2220. The number of hydrogen-bond donors (Lipinski definition) is 2. The fraction of sp³-hybridized carbons (Fsp3) is 0.400. The Morgan fingerprint density at radius 1 is 0.643 bits per heavy atom. The van der Waals surface area contributed by atoms with E-state index in [9.17, 15) is 26.4 Å². The van der Waals surface area contributed by atoms with Crippen molar-refractivity contribution in [2.45, 2.75) is 62.4 Å². The quantitative estimate of drug-likeness (QED) is 0.108. The minimum absolute atomic E-state index is 0.0212. The van der Waals surface area contributed by atoms with Gasteiger partial charge in [-0.2, -0.15) is 0 Å². The van der Waals surface area contributed by atoms with Crippen molar-refractivity contribution in [1.82, 2.24) is 9.44 Å². The fourth-order valence-corrected chi connectivity index (χ4v) is 11.7. The number of halogens is 2. The zero-order valence-electron chi connectivity index (χ0n) is 31.8. The van der Waals surface area contributed by atoms with Crippen LogP contribution in [-0.2, 0) is 39.3 Å². The van der Waals surface area contributed by atoms with Crippen molar-refractivity contribution in [1.29, 1.82) is 0 Å². The van der Waals surface area contributed by atoms with E-state index in [1.807, 2.05) is 27.7 Å². The molecule has 0 saturated carbocycles. The maximum Gasteiger partial charge on any atom is 0.390 e. The van der Waals surface area contributed by atoms with E-state index in [0.717, 1.165) is 25.0 Å². The van der Waals surface area contributed by atoms with Crippen LogP contribution in [0.15, 0.2) is 94.7 Å². The average molecular weight is 848 g/mol. The van der Waals surface area contributed by atoms with Gasteiger partial charge in [-0.25, -0.2) is 35.9 Å². The number of hydrogen-bond acceptors (Lipinski definition) is 8. The van der Waals surface area contributed by atoms with Crippen LogP contribution in [0.5, 0.6) is 0 Å². The summed E-state index contributed by atoms with van der Waals surface area (Å²) in [6.45, 7) is 9.16. The molecule has 300 valence electrons. The molecule has 0 spiro atoms. The lowest BCUT2D eigenvalue weighted by atomic mass is 10.1. The summed E-state index contributed by atoms with van der Waals surface area (Å²) in [7, 11) is -7.96. The molecule has 6 rings (SSSR count). The zero-order valence-corrected chi connectivity index (χ0v) is 34.9. The highest BCUT2D eigenvalue weighted by Gasteiger charge is 2.48. The highest BCUT2D eigenvalue weighted by Crippen LogP contribution is 2.35. The Morgan fingerprint density at radius 3 is 1.34 bits per heavy atom. The topological polar surface area (TPSA) is 145 Å². The zero-order chi connectivity index (χ0) is 40.5. The number of sulfonamides is 2. The first-order valence-electron chi connectivity index (χ1n) is 18.7. The highest BCUT2D eigenvalue weighted by atomic mass is 35.5. The molecule has 0 aliphatic carbocycles. The summed E-state index contributed by atoms with van der Waals surface area (Å²) in [6.07, 6.45) is 3.54. The molecule has 12 nitrogen and oxygen atoms in total. The monoisotopic (exact) mass is 846 g/mol. The molecule has 0 amide bonds. The number of benzene rings is 4. The summed E-state index contributed by atoms with van der Waals surface area (Å²) in [4.78, 5) is 38.8. The molecule has 0 aromatic heterocycles. The number of nitrogens with zero attached hydrogens (tertiary/aromatic N) is 2. The number of nitrogens with one attached hydrogen (secondary N) is 2. The molecule has 6 atom stereocenters. The lowest BCUT2D eigenvalue weighted by Crippen LogP contribution is -2.55. The minimum atomic E-state index is -3.98. The summed E-state index contributed by atoms with van der Waals surface area (Å²) in [5.41, 5.74) is 0. The molecule has 56 heavy (non-hydrogen) atoms. The number of carbonyl (C=O) groups is 2. The van der Waals surface area contributed by atoms with Gasteiger partial charge in [0.05, 0.1) is 22.9 Å². The van der Waals surface area contributed by atoms with E-state index >= 15 is 0 Å². The van der Waals surface area contributed by atoms with Gasteiger partial charge >= 0.3 is 11.9 Å². The van der Waals surface area contributed by atoms with Crippen molar-refractivity contribution in [3.05, 3.63) is 95.0 Å². The highest BCUT2D eigenvalue weighted by molar-refractivity contribution is 7.90. The Kier molecular flexibility index (Phi) is 12.5. The van der Waals surface area contributed by atoms with Crippen molar-refractivity contribution in [2.75, 3.05) is 39.3 Å². The standard InChI is InChI=1S/C40H48Cl2N4O8S2/c1-27-23-29(3)45(25-27,21-19-43-55(49,50)35-15-7-11-31-9-5-13-33(41)39(31)35)53-37(47)17-18-38(48)54-46(26-28(2)24-30(46)4)22-20-44-56(51,52)36-16-8-12-32-10-6-14-34(42)40(32)36/h5-18,27-30,43-44H,19-26H2,1-4H3/q+2/b18-17+. The molecule has 0 bridgehead atoms. The molecule has 2 aliphatic rings. The molecular weight excluding hydrogens is 799 g/mol.